The maximum Gasteiger partial charge on any atom is 0.211 e. The number of Topliss-reactive ketones (excluding diaryl/α,β-unsaturated/α-hetero) is 1. The molecule has 1 N–H and O–H groups in total. The number of aliphatic hydroxyl groups is 1. The van der Waals surface area contributed by atoms with Crippen LogP contribution in [0.3, 0.4) is 0 Å². The molecular formula is C7H6F2O2. The Bertz CT molecular complexity index is 266. The van der Waals surface area contributed by atoms with E-state index in [-0.39, 0.29) is 0 Å². The van der Waals surface area contributed by atoms with Gasteiger partial charge < -0.3 is 5.11 Å². The molecule has 0 heterocycles. The lowest BCUT2D eigenvalue weighted by atomic mass is 9.99. The molecule has 1 aliphatic rings. The van der Waals surface area contributed by atoms with Crippen molar-refractivity contribution < 1.29 is 18.7 Å². The minimum atomic E-state index is -1.39. The molecule has 0 aromatic carbocycles. The van der Waals surface area contributed by atoms with Gasteiger partial charge in [0.25, 0.3) is 0 Å². The minimum Gasteiger partial charge on any atom is -0.503 e. The highest BCUT2D eigenvalue weighted by Gasteiger charge is 2.27. The van der Waals surface area contributed by atoms with Gasteiger partial charge in [-0.25, -0.2) is 4.39 Å². The minimum absolute atomic E-state index is 0.828. The van der Waals surface area contributed by atoms with Crippen molar-refractivity contribution >= 4 is 5.78 Å². The van der Waals surface area contributed by atoms with Crippen LogP contribution in [0.4, 0.5) is 8.78 Å². The van der Waals surface area contributed by atoms with Crippen molar-refractivity contribution in [1.29, 1.82) is 0 Å². The lowest BCUT2D eigenvalue weighted by molar-refractivity contribution is -0.119. The Morgan fingerprint density at radius 2 is 2.09 bits per heavy atom. The van der Waals surface area contributed by atoms with E-state index in [1.165, 1.54) is 6.92 Å². The van der Waals surface area contributed by atoms with Crippen LogP contribution in [0.2, 0.25) is 0 Å². The summed E-state index contributed by atoms with van der Waals surface area (Å²) in [5.74, 6) is -5.37. The summed E-state index contributed by atoms with van der Waals surface area (Å²) in [5.41, 5.74) is 0. The number of rotatable bonds is 0. The molecule has 4 heteroatoms. The summed E-state index contributed by atoms with van der Waals surface area (Å²) in [6, 6.07) is 0. The van der Waals surface area contributed by atoms with Crippen molar-refractivity contribution in [2.75, 3.05) is 0 Å². The number of aliphatic hydroxyl groups excluding tert-OH is 1. The Balaban J connectivity index is 3.12. The fourth-order valence-corrected chi connectivity index (χ4v) is 0.796. The van der Waals surface area contributed by atoms with Gasteiger partial charge in [-0.15, -0.1) is 0 Å². The maximum absolute atomic E-state index is 12.5. The summed E-state index contributed by atoms with van der Waals surface area (Å²) in [7, 11) is 0. The molecule has 1 rings (SSSR count). The number of hydrogen-bond acceptors (Lipinski definition) is 2. The summed E-state index contributed by atoms with van der Waals surface area (Å²) >= 11 is 0. The van der Waals surface area contributed by atoms with E-state index in [0.717, 1.165) is 6.08 Å². The van der Waals surface area contributed by atoms with Gasteiger partial charge in [-0.3, -0.25) is 4.79 Å². The van der Waals surface area contributed by atoms with E-state index in [4.69, 9.17) is 5.11 Å². The molecule has 11 heavy (non-hydrogen) atoms. The first-order chi connectivity index (χ1) is 5.04. The second-order valence-electron chi connectivity index (χ2n) is 2.33. The Labute approximate surface area is 61.8 Å². The topological polar surface area (TPSA) is 37.3 Å². The maximum atomic E-state index is 12.5. The van der Waals surface area contributed by atoms with Gasteiger partial charge in [-0.1, -0.05) is 6.92 Å². The summed E-state index contributed by atoms with van der Waals surface area (Å²) in [4.78, 5) is 10.7. The fourth-order valence-electron chi connectivity index (χ4n) is 0.796. The van der Waals surface area contributed by atoms with Crippen LogP contribution in [-0.2, 0) is 4.79 Å². The molecule has 2 nitrogen and oxygen atoms in total. The van der Waals surface area contributed by atoms with E-state index in [0.29, 0.717) is 0 Å². The molecule has 60 valence electrons. The third-order valence-corrected chi connectivity index (χ3v) is 1.46. The molecule has 0 bridgehead atoms. The third-order valence-electron chi connectivity index (χ3n) is 1.46. The van der Waals surface area contributed by atoms with Crippen LogP contribution in [-0.4, -0.2) is 10.9 Å². The van der Waals surface area contributed by atoms with Crippen molar-refractivity contribution in [2.45, 2.75) is 6.92 Å². The molecule has 0 fully saturated rings. The zero-order valence-electron chi connectivity index (χ0n) is 5.77. The molecule has 0 radical (unpaired) electrons. The predicted molar refractivity (Wildman–Crippen MR) is 34.1 cm³/mol. The molecule has 0 saturated heterocycles. The first-order valence-electron chi connectivity index (χ1n) is 3.04. The van der Waals surface area contributed by atoms with Gasteiger partial charge in [0.05, 0.1) is 0 Å². The Morgan fingerprint density at radius 1 is 1.55 bits per heavy atom. The Kier molecular flexibility index (Phi) is 1.76. The van der Waals surface area contributed by atoms with Crippen LogP contribution in [0.5, 0.6) is 0 Å². The second kappa shape index (κ2) is 2.45. The van der Waals surface area contributed by atoms with Gasteiger partial charge in [0.15, 0.2) is 11.6 Å². The highest BCUT2D eigenvalue weighted by Crippen LogP contribution is 2.25. The SMILES string of the molecule is CC1C=C(F)C(O)=C(F)C1=O. The summed E-state index contributed by atoms with van der Waals surface area (Å²) in [6.45, 7) is 1.36. The number of allylic oxidation sites excluding steroid dienone is 3. The average molecular weight is 160 g/mol. The van der Waals surface area contributed by atoms with E-state index >= 15 is 0 Å². The predicted octanol–water partition coefficient (Wildman–Crippen LogP) is 1.80. The number of carbonyl (C=O) groups is 1. The van der Waals surface area contributed by atoms with E-state index in [9.17, 15) is 13.6 Å². The van der Waals surface area contributed by atoms with Crippen LogP contribution < -0.4 is 0 Å². The molecule has 1 unspecified atom stereocenters. The number of hydrogen-bond donors (Lipinski definition) is 1. The first-order valence-corrected chi connectivity index (χ1v) is 3.04. The van der Waals surface area contributed by atoms with E-state index in [1.807, 2.05) is 0 Å². The van der Waals surface area contributed by atoms with Crippen LogP contribution in [0, 0.1) is 5.92 Å². The van der Waals surface area contributed by atoms with Gasteiger partial charge in [-0.2, -0.15) is 4.39 Å². The highest BCUT2D eigenvalue weighted by atomic mass is 19.1. The Hall–Kier alpha value is -1.19. The third kappa shape index (κ3) is 1.15. The summed E-state index contributed by atoms with van der Waals surface area (Å²) in [5, 5.41) is 8.57. The van der Waals surface area contributed by atoms with Crippen molar-refractivity contribution in [2.24, 2.45) is 5.92 Å². The molecule has 0 amide bonds. The molecule has 0 aromatic heterocycles. The molecule has 0 spiro atoms. The largest absolute Gasteiger partial charge is 0.503 e. The molecule has 1 atom stereocenters. The highest BCUT2D eigenvalue weighted by molar-refractivity contribution is 5.98. The monoisotopic (exact) mass is 160 g/mol. The standard InChI is InChI=1S/C7H6F2O2/c1-3-2-4(8)7(11)5(9)6(3)10/h2-3,11H,1H3. The lowest BCUT2D eigenvalue weighted by Crippen LogP contribution is -2.15. The number of halogens is 2. The molecule has 0 saturated carbocycles. The van der Waals surface area contributed by atoms with Gasteiger partial charge >= 0.3 is 0 Å². The van der Waals surface area contributed by atoms with Crippen LogP contribution in [0.25, 0.3) is 0 Å². The average Bonchev–Trinajstić information content (AvgIpc) is 1.97. The van der Waals surface area contributed by atoms with Crippen LogP contribution in [0.1, 0.15) is 6.92 Å². The zero-order valence-corrected chi connectivity index (χ0v) is 5.77. The normalized spacial score (nSPS) is 25.5. The van der Waals surface area contributed by atoms with E-state index in [1.54, 1.807) is 0 Å². The van der Waals surface area contributed by atoms with Crippen LogP contribution in [0.15, 0.2) is 23.5 Å². The van der Waals surface area contributed by atoms with Crippen molar-refractivity contribution in [3.05, 3.63) is 23.5 Å². The van der Waals surface area contributed by atoms with Gasteiger partial charge in [0.2, 0.25) is 11.6 Å². The van der Waals surface area contributed by atoms with Crippen molar-refractivity contribution in [3.63, 3.8) is 0 Å². The second-order valence-corrected chi connectivity index (χ2v) is 2.33. The molecule has 1 aliphatic carbocycles. The molecule has 0 aliphatic heterocycles. The molecular weight excluding hydrogens is 154 g/mol. The van der Waals surface area contributed by atoms with Crippen LogP contribution >= 0.6 is 0 Å². The van der Waals surface area contributed by atoms with Gasteiger partial charge in [-0.05, 0) is 6.08 Å². The van der Waals surface area contributed by atoms with Crippen molar-refractivity contribution in [1.82, 2.24) is 0 Å². The number of carbonyl (C=O) groups excluding carboxylic acids is 1. The lowest BCUT2D eigenvalue weighted by Gasteiger charge is -2.10. The van der Waals surface area contributed by atoms with E-state index < -0.39 is 29.1 Å². The Morgan fingerprint density at radius 3 is 2.64 bits per heavy atom. The first kappa shape index (κ1) is 7.91. The number of ketones is 1. The van der Waals surface area contributed by atoms with Gasteiger partial charge in [0, 0.05) is 5.92 Å². The summed E-state index contributed by atoms with van der Waals surface area (Å²) < 4.78 is 24.9. The summed E-state index contributed by atoms with van der Waals surface area (Å²) in [6.07, 6.45) is 0.876. The quantitative estimate of drug-likeness (QED) is 0.586. The van der Waals surface area contributed by atoms with Gasteiger partial charge in [0.1, 0.15) is 0 Å². The smallest absolute Gasteiger partial charge is 0.211 e. The van der Waals surface area contributed by atoms with Crippen molar-refractivity contribution in [3.8, 4) is 0 Å². The zero-order chi connectivity index (χ0) is 8.59. The fraction of sp³-hybridized carbons (Fsp3) is 0.286. The molecule has 0 aromatic rings. The van der Waals surface area contributed by atoms with E-state index in [2.05, 4.69) is 0 Å².